The first-order chi connectivity index (χ1) is 7.47. The van der Waals surface area contributed by atoms with E-state index in [1.807, 2.05) is 18.2 Å². The van der Waals surface area contributed by atoms with Gasteiger partial charge in [-0.2, -0.15) is 8.42 Å². The van der Waals surface area contributed by atoms with E-state index in [-0.39, 0.29) is 6.10 Å². The molecule has 3 nitrogen and oxygen atoms in total. The van der Waals surface area contributed by atoms with Gasteiger partial charge in [0.25, 0.3) is 10.1 Å². The Kier molecular flexibility index (Phi) is 4.96. The molecule has 1 atom stereocenters. The van der Waals surface area contributed by atoms with Gasteiger partial charge in [-0.25, -0.2) is 0 Å². The van der Waals surface area contributed by atoms with Gasteiger partial charge in [0.1, 0.15) is 0 Å². The lowest BCUT2D eigenvalue weighted by atomic mass is 10.1. The lowest BCUT2D eigenvalue weighted by Gasteiger charge is -2.10. The molecule has 0 saturated carbocycles. The maximum atomic E-state index is 10.9. The zero-order chi connectivity index (χ0) is 12.0. The molecule has 0 spiro atoms. The maximum Gasteiger partial charge on any atom is 0.264 e. The maximum absolute atomic E-state index is 10.9. The fraction of sp³-hybridized carbons (Fsp3) is 0.500. The van der Waals surface area contributed by atoms with Crippen molar-refractivity contribution in [1.82, 2.24) is 0 Å². The molecule has 1 rings (SSSR count). The minimum Gasteiger partial charge on any atom is -0.267 e. The molecule has 0 fully saturated rings. The lowest BCUT2D eigenvalue weighted by Crippen LogP contribution is -2.14. The number of hydrogen-bond donors (Lipinski definition) is 0. The molecule has 1 aromatic rings. The van der Waals surface area contributed by atoms with Crippen LogP contribution in [0.25, 0.3) is 0 Å². The quantitative estimate of drug-likeness (QED) is 0.719. The Morgan fingerprint density at radius 1 is 1.25 bits per heavy atom. The highest BCUT2D eigenvalue weighted by Crippen LogP contribution is 2.09. The number of benzene rings is 1. The summed E-state index contributed by atoms with van der Waals surface area (Å²) < 4.78 is 26.6. The van der Waals surface area contributed by atoms with E-state index in [4.69, 9.17) is 4.18 Å². The predicted octanol–water partition coefficient (Wildman–Crippen LogP) is 2.37. The lowest BCUT2D eigenvalue weighted by molar-refractivity contribution is 0.217. The SMILES string of the molecule is C[C@@H](CCCc1ccccc1)OS(C)(=O)=O. The summed E-state index contributed by atoms with van der Waals surface area (Å²) in [5.41, 5.74) is 1.27. The van der Waals surface area contributed by atoms with Crippen molar-refractivity contribution in [2.45, 2.75) is 32.3 Å². The Morgan fingerprint density at radius 3 is 2.44 bits per heavy atom. The average molecular weight is 242 g/mol. The van der Waals surface area contributed by atoms with Crippen LogP contribution in [0.15, 0.2) is 30.3 Å². The molecule has 0 aliphatic heterocycles. The smallest absolute Gasteiger partial charge is 0.264 e. The van der Waals surface area contributed by atoms with Crippen LogP contribution in [0.5, 0.6) is 0 Å². The van der Waals surface area contributed by atoms with E-state index < -0.39 is 10.1 Å². The van der Waals surface area contributed by atoms with Gasteiger partial charge in [0, 0.05) is 0 Å². The van der Waals surface area contributed by atoms with E-state index in [1.54, 1.807) is 6.92 Å². The fourth-order valence-corrected chi connectivity index (χ4v) is 2.28. The van der Waals surface area contributed by atoms with Crippen LogP contribution in [0.2, 0.25) is 0 Å². The van der Waals surface area contributed by atoms with E-state index in [1.165, 1.54) is 5.56 Å². The Hall–Kier alpha value is -0.870. The third kappa shape index (κ3) is 5.88. The second kappa shape index (κ2) is 6.01. The first-order valence-electron chi connectivity index (χ1n) is 5.39. The molecule has 1 aromatic carbocycles. The second-order valence-corrected chi connectivity index (χ2v) is 5.59. The van der Waals surface area contributed by atoms with Gasteiger partial charge in [-0.1, -0.05) is 30.3 Å². The minimum absolute atomic E-state index is 0.237. The summed E-state index contributed by atoms with van der Waals surface area (Å²) in [4.78, 5) is 0. The Bertz CT molecular complexity index is 398. The number of hydrogen-bond acceptors (Lipinski definition) is 3. The first-order valence-corrected chi connectivity index (χ1v) is 7.21. The van der Waals surface area contributed by atoms with E-state index >= 15 is 0 Å². The van der Waals surface area contributed by atoms with Crippen molar-refractivity contribution in [3.8, 4) is 0 Å². The van der Waals surface area contributed by atoms with Gasteiger partial charge in [0.2, 0.25) is 0 Å². The molecular formula is C12H18O3S. The Labute approximate surface area is 97.6 Å². The highest BCUT2D eigenvalue weighted by atomic mass is 32.2. The summed E-state index contributed by atoms with van der Waals surface area (Å²) >= 11 is 0. The monoisotopic (exact) mass is 242 g/mol. The predicted molar refractivity (Wildman–Crippen MR) is 64.8 cm³/mol. The molecule has 0 amide bonds. The number of aryl methyl sites for hydroxylation is 1. The fourth-order valence-electron chi connectivity index (χ4n) is 1.58. The standard InChI is InChI=1S/C12H18O3S/c1-11(15-16(2,13)14)7-6-10-12-8-4-3-5-9-12/h3-5,8-9,11H,6-7,10H2,1-2H3/t11-/m0/s1. The summed E-state index contributed by atoms with van der Waals surface area (Å²) in [6.45, 7) is 1.78. The first kappa shape index (κ1) is 13.2. The molecule has 0 saturated heterocycles. The van der Waals surface area contributed by atoms with Gasteiger partial charge < -0.3 is 0 Å². The summed E-state index contributed by atoms with van der Waals surface area (Å²) in [7, 11) is -3.32. The third-order valence-electron chi connectivity index (χ3n) is 2.26. The van der Waals surface area contributed by atoms with Crippen LogP contribution in [0.3, 0.4) is 0 Å². The van der Waals surface area contributed by atoms with Crippen molar-refractivity contribution in [2.75, 3.05) is 6.26 Å². The van der Waals surface area contributed by atoms with Gasteiger partial charge in [0.05, 0.1) is 12.4 Å². The molecule has 0 bridgehead atoms. The van der Waals surface area contributed by atoms with Gasteiger partial charge in [-0.15, -0.1) is 0 Å². The van der Waals surface area contributed by atoms with Gasteiger partial charge in [0.15, 0.2) is 0 Å². The highest BCUT2D eigenvalue weighted by molar-refractivity contribution is 7.86. The molecule has 0 N–H and O–H groups in total. The van der Waals surface area contributed by atoms with Crippen LogP contribution in [0.4, 0.5) is 0 Å². The molecule has 0 aliphatic carbocycles. The van der Waals surface area contributed by atoms with E-state index in [2.05, 4.69) is 12.1 Å². The molecule has 0 aliphatic rings. The van der Waals surface area contributed by atoms with Gasteiger partial charge in [-0.3, -0.25) is 4.18 Å². The Morgan fingerprint density at radius 2 is 1.88 bits per heavy atom. The molecular weight excluding hydrogens is 224 g/mol. The Balaban J connectivity index is 2.26. The van der Waals surface area contributed by atoms with Crippen LogP contribution in [0, 0.1) is 0 Å². The van der Waals surface area contributed by atoms with Gasteiger partial charge in [-0.05, 0) is 31.7 Å². The van der Waals surface area contributed by atoms with Crippen LogP contribution >= 0.6 is 0 Å². The third-order valence-corrected chi connectivity index (χ3v) is 2.94. The highest BCUT2D eigenvalue weighted by Gasteiger charge is 2.09. The van der Waals surface area contributed by atoms with Crippen molar-refractivity contribution in [3.63, 3.8) is 0 Å². The summed E-state index contributed by atoms with van der Waals surface area (Å²) in [6, 6.07) is 10.1. The normalized spacial score (nSPS) is 13.6. The van der Waals surface area contributed by atoms with Crippen molar-refractivity contribution >= 4 is 10.1 Å². The van der Waals surface area contributed by atoms with Crippen molar-refractivity contribution < 1.29 is 12.6 Å². The van der Waals surface area contributed by atoms with Crippen molar-refractivity contribution in [1.29, 1.82) is 0 Å². The van der Waals surface area contributed by atoms with Crippen molar-refractivity contribution in [2.24, 2.45) is 0 Å². The van der Waals surface area contributed by atoms with Crippen LogP contribution < -0.4 is 0 Å². The van der Waals surface area contributed by atoms with E-state index in [0.717, 1.165) is 25.5 Å². The molecule has 0 aromatic heterocycles. The summed E-state index contributed by atoms with van der Waals surface area (Å²) in [5.74, 6) is 0. The zero-order valence-corrected chi connectivity index (χ0v) is 10.5. The molecule has 0 heterocycles. The van der Waals surface area contributed by atoms with Crippen LogP contribution in [-0.2, 0) is 20.7 Å². The summed E-state index contributed by atoms with van der Waals surface area (Å²) in [6.07, 6.45) is 3.49. The minimum atomic E-state index is -3.32. The topological polar surface area (TPSA) is 43.4 Å². The molecule has 4 heteroatoms. The van der Waals surface area contributed by atoms with E-state index in [9.17, 15) is 8.42 Å². The summed E-state index contributed by atoms with van der Waals surface area (Å²) in [5, 5.41) is 0. The number of rotatable bonds is 6. The molecule has 90 valence electrons. The van der Waals surface area contributed by atoms with Crippen LogP contribution in [0.1, 0.15) is 25.3 Å². The molecule has 16 heavy (non-hydrogen) atoms. The molecule has 0 unspecified atom stereocenters. The molecule has 0 radical (unpaired) electrons. The average Bonchev–Trinajstić information content (AvgIpc) is 2.16. The van der Waals surface area contributed by atoms with E-state index in [0.29, 0.717) is 0 Å². The second-order valence-electron chi connectivity index (χ2n) is 3.99. The van der Waals surface area contributed by atoms with Crippen molar-refractivity contribution in [3.05, 3.63) is 35.9 Å². The van der Waals surface area contributed by atoms with Gasteiger partial charge >= 0.3 is 0 Å². The van der Waals surface area contributed by atoms with Crippen LogP contribution in [-0.4, -0.2) is 20.8 Å². The zero-order valence-electron chi connectivity index (χ0n) is 9.72. The largest absolute Gasteiger partial charge is 0.267 e.